The van der Waals surface area contributed by atoms with Crippen LogP contribution < -0.4 is 10.9 Å². The number of rotatable bonds is 3. The molecule has 188 valence electrons. The standard InChI is InChI=1S/C26H24F3N3O4/c27-26(28,29)20-4-2-1-3-17(20)21-12-15-6-5-14(11-18(15)23(34)30-21)19-13-22(31-24(19)35)25(36)32-9-7-16(33)8-10-32/h1-6,11-12,16,19,22,33H,7-10,13H2,(H,30,34)(H,31,35)/t19-,22?/m1/s1. The molecule has 3 N–H and O–H groups in total. The number of hydrogen-bond donors (Lipinski definition) is 3. The average Bonchev–Trinajstić information content (AvgIpc) is 3.25. The number of aromatic nitrogens is 1. The van der Waals surface area contributed by atoms with Gasteiger partial charge in [0.1, 0.15) is 6.04 Å². The lowest BCUT2D eigenvalue weighted by atomic mass is 9.93. The van der Waals surface area contributed by atoms with Crippen molar-refractivity contribution in [3.05, 3.63) is 70.0 Å². The highest BCUT2D eigenvalue weighted by Crippen LogP contribution is 2.37. The number of pyridine rings is 1. The van der Waals surface area contributed by atoms with Crippen LogP contribution in [0.15, 0.2) is 53.3 Å². The highest BCUT2D eigenvalue weighted by molar-refractivity contribution is 5.95. The van der Waals surface area contributed by atoms with Crippen LogP contribution >= 0.6 is 0 Å². The molecule has 3 aromatic rings. The number of halogens is 3. The molecule has 1 aromatic heterocycles. The summed E-state index contributed by atoms with van der Waals surface area (Å²) in [6.45, 7) is 0.865. The molecule has 2 aliphatic heterocycles. The van der Waals surface area contributed by atoms with Crippen molar-refractivity contribution in [3.8, 4) is 11.3 Å². The Kier molecular flexibility index (Phi) is 6.07. The molecule has 0 saturated carbocycles. The molecule has 2 aromatic carbocycles. The van der Waals surface area contributed by atoms with Crippen LogP contribution in [0.5, 0.6) is 0 Å². The molecule has 1 unspecified atom stereocenters. The van der Waals surface area contributed by atoms with Gasteiger partial charge in [-0.15, -0.1) is 0 Å². The van der Waals surface area contributed by atoms with Gasteiger partial charge in [0, 0.05) is 29.7 Å². The molecule has 2 atom stereocenters. The summed E-state index contributed by atoms with van der Waals surface area (Å²) >= 11 is 0. The number of H-pyrrole nitrogens is 1. The molecule has 10 heteroatoms. The number of carbonyl (C=O) groups is 2. The number of fused-ring (bicyclic) bond motifs is 1. The summed E-state index contributed by atoms with van der Waals surface area (Å²) in [7, 11) is 0. The van der Waals surface area contributed by atoms with Crippen molar-refractivity contribution >= 4 is 22.6 Å². The van der Waals surface area contributed by atoms with Gasteiger partial charge in [-0.1, -0.05) is 30.3 Å². The monoisotopic (exact) mass is 499 g/mol. The molecular weight excluding hydrogens is 475 g/mol. The first-order valence-electron chi connectivity index (χ1n) is 11.7. The summed E-state index contributed by atoms with van der Waals surface area (Å²) in [5.41, 5.74) is -0.949. The SMILES string of the molecule is O=C1NC(C(=O)N2CCC(O)CC2)C[C@@H]1c1ccc2cc(-c3ccccc3C(F)(F)F)[nH]c(=O)c2c1. The van der Waals surface area contributed by atoms with Gasteiger partial charge in [0.05, 0.1) is 17.6 Å². The lowest BCUT2D eigenvalue weighted by Gasteiger charge is -2.31. The summed E-state index contributed by atoms with van der Waals surface area (Å²) in [5.74, 6) is -1.15. The van der Waals surface area contributed by atoms with E-state index in [1.54, 1.807) is 23.1 Å². The summed E-state index contributed by atoms with van der Waals surface area (Å²) in [5, 5.41) is 13.1. The maximum atomic E-state index is 13.5. The zero-order valence-corrected chi connectivity index (χ0v) is 19.1. The number of hydrogen-bond acceptors (Lipinski definition) is 4. The third-order valence-corrected chi connectivity index (χ3v) is 6.97. The first-order valence-corrected chi connectivity index (χ1v) is 11.7. The molecule has 3 heterocycles. The number of piperidine rings is 1. The first-order chi connectivity index (χ1) is 17.1. The van der Waals surface area contributed by atoms with Crippen LogP contribution in [0.2, 0.25) is 0 Å². The van der Waals surface area contributed by atoms with Gasteiger partial charge in [0.2, 0.25) is 11.8 Å². The Balaban J connectivity index is 1.42. The third-order valence-electron chi connectivity index (χ3n) is 6.97. The molecule has 0 bridgehead atoms. The zero-order valence-electron chi connectivity index (χ0n) is 19.1. The van der Waals surface area contributed by atoms with Crippen LogP contribution in [0.25, 0.3) is 22.0 Å². The minimum Gasteiger partial charge on any atom is -0.393 e. The van der Waals surface area contributed by atoms with E-state index in [4.69, 9.17) is 0 Å². The quantitative estimate of drug-likeness (QED) is 0.515. The average molecular weight is 499 g/mol. The van der Waals surface area contributed by atoms with Gasteiger partial charge < -0.3 is 20.3 Å². The van der Waals surface area contributed by atoms with Crippen molar-refractivity contribution in [3.63, 3.8) is 0 Å². The first kappa shape index (κ1) is 24.1. The van der Waals surface area contributed by atoms with Crippen LogP contribution in [0.4, 0.5) is 13.2 Å². The molecular formula is C26H24F3N3O4. The molecule has 5 rings (SSSR count). The van der Waals surface area contributed by atoms with Crippen molar-refractivity contribution < 1.29 is 27.9 Å². The smallest absolute Gasteiger partial charge is 0.393 e. The lowest BCUT2D eigenvalue weighted by Crippen LogP contribution is -2.48. The topological polar surface area (TPSA) is 102 Å². The predicted molar refractivity (Wildman–Crippen MR) is 126 cm³/mol. The van der Waals surface area contributed by atoms with Gasteiger partial charge in [0.25, 0.3) is 5.56 Å². The second-order valence-corrected chi connectivity index (χ2v) is 9.31. The number of aliphatic hydroxyl groups excluding tert-OH is 1. The number of likely N-dealkylation sites (tertiary alicyclic amines) is 1. The minimum absolute atomic E-state index is 0.0455. The van der Waals surface area contributed by atoms with Crippen LogP contribution in [0.3, 0.4) is 0 Å². The van der Waals surface area contributed by atoms with Gasteiger partial charge in [0.15, 0.2) is 0 Å². The van der Waals surface area contributed by atoms with E-state index in [1.807, 2.05) is 0 Å². The number of carbonyl (C=O) groups excluding carboxylic acids is 2. The zero-order chi connectivity index (χ0) is 25.6. The Hall–Kier alpha value is -3.66. The number of amides is 2. The van der Waals surface area contributed by atoms with Gasteiger partial charge in [-0.2, -0.15) is 13.2 Å². The van der Waals surface area contributed by atoms with Crippen molar-refractivity contribution in [1.82, 2.24) is 15.2 Å². The number of aromatic amines is 1. The molecule has 0 spiro atoms. The number of benzene rings is 2. The summed E-state index contributed by atoms with van der Waals surface area (Å²) in [4.78, 5) is 42.6. The van der Waals surface area contributed by atoms with Crippen molar-refractivity contribution in [2.75, 3.05) is 13.1 Å². The fourth-order valence-electron chi connectivity index (χ4n) is 5.04. The number of aliphatic hydroxyl groups is 1. The highest BCUT2D eigenvalue weighted by Gasteiger charge is 2.39. The predicted octanol–water partition coefficient (Wildman–Crippen LogP) is 3.17. The third kappa shape index (κ3) is 4.48. The number of nitrogens with zero attached hydrogens (tertiary/aromatic N) is 1. The normalized spacial score (nSPS) is 21.1. The van der Waals surface area contributed by atoms with E-state index < -0.39 is 35.4 Å². The summed E-state index contributed by atoms with van der Waals surface area (Å²) in [6.07, 6.45) is -3.77. The minimum atomic E-state index is -4.58. The summed E-state index contributed by atoms with van der Waals surface area (Å²) in [6, 6.07) is 10.6. The molecule has 0 radical (unpaired) electrons. The Labute approximate surface area is 203 Å². The van der Waals surface area contributed by atoms with Gasteiger partial charge >= 0.3 is 6.18 Å². The van der Waals surface area contributed by atoms with Crippen molar-refractivity contribution in [1.29, 1.82) is 0 Å². The molecule has 7 nitrogen and oxygen atoms in total. The van der Waals surface area contributed by atoms with Crippen molar-refractivity contribution in [2.45, 2.75) is 43.5 Å². The Morgan fingerprint density at radius 1 is 1.03 bits per heavy atom. The highest BCUT2D eigenvalue weighted by atomic mass is 19.4. The van der Waals surface area contributed by atoms with Crippen molar-refractivity contribution in [2.24, 2.45) is 0 Å². The van der Waals surface area contributed by atoms with Crippen LogP contribution in [-0.4, -0.2) is 52.0 Å². The summed E-state index contributed by atoms with van der Waals surface area (Å²) < 4.78 is 40.4. The lowest BCUT2D eigenvalue weighted by molar-refractivity contribution is -0.137. The maximum absolute atomic E-state index is 13.5. The maximum Gasteiger partial charge on any atom is 0.417 e. The number of nitrogens with one attached hydrogen (secondary N) is 2. The molecule has 2 amide bonds. The molecule has 0 aliphatic carbocycles. The van der Waals surface area contributed by atoms with E-state index in [0.717, 1.165) is 6.07 Å². The molecule has 2 aliphatic rings. The fourth-order valence-corrected chi connectivity index (χ4v) is 5.04. The van der Waals surface area contributed by atoms with E-state index in [1.165, 1.54) is 24.3 Å². The van der Waals surface area contributed by atoms with E-state index in [0.29, 0.717) is 36.9 Å². The van der Waals surface area contributed by atoms with Crippen LogP contribution in [0, 0.1) is 0 Å². The Bertz CT molecular complexity index is 1390. The largest absolute Gasteiger partial charge is 0.417 e. The van der Waals surface area contributed by atoms with Crippen LogP contribution in [-0.2, 0) is 15.8 Å². The Morgan fingerprint density at radius 2 is 1.75 bits per heavy atom. The van der Waals surface area contributed by atoms with Gasteiger partial charge in [-0.05, 0) is 48.4 Å². The fraction of sp³-hybridized carbons (Fsp3) is 0.346. The Morgan fingerprint density at radius 3 is 2.47 bits per heavy atom. The van der Waals surface area contributed by atoms with Crippen LogP contribution in [0.1, 0.15) is 36.3 Å². The van der Waals surface area contributed by atoms with Gasteiger partial charge in [-0.3, -0.25) is 14.4 Å². The second kappa shape index (κ2) is 9.09. The molecule has 36 heavy (non-hydrogen) atoms. The van der Waals surface area contributed by atoms with E-state index in [2.05, 4.69) is 10.3 Å². The van der Waals surface area contributed by atoms with E-state index >= 15 is 0 Å². The second-order valence-electron chi connectivity index (χ2n) is 9.31. The molecule has 2 saturated heterocycles. The number of alkyl halides is 3. The molecule has 2 fully saturated rings. The van der Waals surface area contributed by atoms with Gasteiger partial charge in [-0.25, -0.2) is 0 Å². The van der Waals surface area contributed by atoms with E-state index in [9.17, 15) is 32.7 Å². The van der Waals surface area contributed by atoms with E-state index in [-0.39, 0.29) is 34.9 Å².